The van der Waals surface area contributed by atoms with Gasteiger partial charge >= 0.3 is 0 Å². The SMILES string of the molecule is c1ccc(-c2cc(-c3cccc4c3c3ccc(-n5c6ccccc6c6c5ccc5c7ccccc7n(-c7ccccc7)c56)cc3n4-c3ccccc3)nc(-c3ccccc3)n2)cc1. The summed E-state index contributed by atoms with van der Waals surface area (Å²) in [5.74, 6) is 0.699. The second-order valence-electron chi connectivity index (χ2n) is 16.2. The molecule has 0 bridgehead atoms. The van der Waals surface area contributed by atoms with Gasteiger partial charge in [0, 0.05) is 66.1 Å². The molecular weight excluding hydrogens is 767 g/mol. The minimum Gasteiger partial charge on any atom is -0.309 e. The summed E-state index contributed by atoms with van der Waals surface area (Å²) < 4.78 is 7.31. The van der Waals surface area contributed by atoms with Gasteiger partial charge in [-0.15, -0.1) is 0 Å². The van der Waals surface area contributed by atoms with Crippen molar-refractivity contribution in [1.29, 1.82) is 0 Å². The predicted molar refractivity (Wildman–Crippen MR) is 261 cm³/mol. The lowest BCUT2D eigenvalue weighted by atomic mass is 10.0. The fraction of sp³-hybridized carbons (Fsp3) is 0. The van der Waals surface area contributed by atoms with E-state index in [1.807, 2.05) is 24.3 Å². The highest BCUT2D eigenvalue weighted by Gasteiger charge is 2.23. The van der Waals surface area contributed by atoms with Crippen LogP contribution in [0.2, 0.25) is 0 Å². The second kappa shape index (κ2) is 14.0. The van der Waals surface area contributed by atoms with Gasteiger partial charge in [-0.2, -0.15) is 0 Å². The molecule has 0 spiro atoms. The Morgan fingerprint density at radius 3 is 1.54 bits per heavy atom. The zero-order valence-corrected chi connectivity index (χ0v) is 34.1. The van der Waals surface area contributed by atoms with E-state index in [0.717, 1.165) is 78.0 Å². The van der Waals surface area contributed by atoms with Gasteiger partial charge in [0.1, 0.15) is 0 Å². The minimum atomic E-state index is 0.699. The van der Waals surface area contributed by atoms with E-state index in [0.29, 0.717) is 5.82 Å². The van der Waals surface area contributed by atoms with Crippen molar-refractivity contribution >= 4 is 65.4 Å². The molecule has 13 rings (SSSR count). The van der Waals surface area contributed by atoms with Crippen molar-refractivity contribution in [3.8, 4) is 51.0 Å². The van der Waals surface area contributed by atoms with E-state index in [2.05, 4.69) is 214 Å². The number of benzene rings is 9. The lowest BCUT2D eigenvalue weighted by molar-refractivity contribution is 1.15. The van der Waals surface area contributed by atoms with E-state index in [1.54, 1.807) is 0 Å². The van der Waals surface area contributed by atoms with Crippen LogP contribution in [0.25, 0.3) is 116 Å². The first-order valence-corrected chi connectivity index (χ1v) is 21.4. The number of nitrogens with zero attached hydrogens (tertiary/aromatic N) is 5. The highest BCUT2D eigenvalue weighted by atomic mass is 15.0. The largest absolute Gasteiger partial charge is 0.309 e. The van der Waals surface area contributed by atoms with Crippen LogP contribution in [0.3, 0.4) is 0 Å². The van der Waals surface area contributed by atoms with E-state index >= 15 is 0 Å². The molecule has 63 heavy (non-hydrogen) atoms. The Balaban J connectivity index is 1.10. The smallest absolute Gasteiger partial charge is 0.160 e. The van der Waals surface area contributed by atoms with Crippen LogP contribution in [0.5, 0.6) is 0 Å². The van der Waals surface area contributed by atoms with Gasteiger partial charge in [0.05, 0.1) is 44.5 Å². The van der Waals surface area contributed by atoms with E-state index in [-0.39, 0.29) is 0 Å². The van der Waals surface area contributed by atoms with E-state index in [9.17, 15) is 0 Å². The van der Waals surface area contributed by atoms with Crippen LogP contribution < -0.4 is 0 Å². The normalized spacial score (nSPS) is 11.8. The highest BCUT2D eigenvalue weighted by Crippen LogP contribution is 2.44. The molecule has 0 fully saturated rings. The molecule has 0 radical (unpaired) electrons. The van der Waals surface area contributed by atoms with Crippen LogP contribution in [0, 0.1) is 0 Å². The quantitative estimate of drug-likeness (QED) is 0.168. The zero-order chi connectivity index (χ0) is 41.4. The molecule has 9 aromatic carbocycles. The molecule has 0 unspecified atom stereocenters. The van der Waals surface area contributed by atoms with Crippen LogP contribution >= 0.6 is 0 Å². The molecule has 0 aliphatic heterocycles. The number of fused-ring (bicyclic) bond motifs is 10. The molecule has 0 aliphatic carbocycles. The minimum absolute atomic E-state index is 0.699. The van der Waals surface area contributed by atoms with Crippen LogP contribution in [0.15, 0.2) is 224 Å². The summed E-state index contributed by atoms with van der Waals surface area (Å²) in [4.78, 5) is 10.4. The molecule has 0 saturated heterocycles. The molecular formula is C58H37N5. The summed E-state index contributed by atoms with van der Waals surface area (Å²) in [5, 5.41) is 7.25. The summed E-state index contributed by atoms with van der Waals surface area (Å²) in [5.41, 5.74) is 15.2. The Bertz CT molecular complexity index is 3820. The molecule has 294 valence electrons. The Morgan fingerprint density at radius 1 is 0.286 bits per heavy atom. The molecule has 4 heterocycles. The van der Waals surface area contributed by atoms with Crippen LogP contribution in [-0.4, -0.2) is 23.7 Å². The average Bonchev–Trinajstić information content (AvgIpc) is 4.00. The summed E-state index contributed by atoms with van der Waals surface area (Å²) in [6, 6.07) is 80.2. The molecule has 0 saturated carbocycles. The predicted octanol–water partition coefficient (Wildman–Crippen LogP) is 14.8. The maximum absolute atomic E-state index is 5.31. The van der Waals surface area contributed by atoms with Crippen molar-refractivity contribution in [2.24, 2.45) is 0 Å². The molecule has 0 aliphatic rings. The number of para-hydroxylation sites is 4. The fourth-order valence-electron chi connectivity index (χ4n) is 9.95. The average molecular weight is 804 g/mol. The monoisotopic (exact) mass is 803 g/mol. The third-order valence-corrected chi connectivity index (χ3v) is 12.6. The van der Waals surface area contributed by atoms with E-state index < -0.39 is 0 Å². The number of rotatable bonds is 6. The van der Waals surface area contributed by atoms with Crippen molar-refractivity contribution < 1.29 is 0 Å². The molecule has 0 atom stereocenters. The number of hydrogen-bond acceptors (Lipinski definition) is 2. The van der Waals surface area contributed by atoms with E-state index in [1.165, 1.54) is 32.6 Å². The Labute approximate surface area is 363 Å². The molecule has 4 aromatic heterocycles. The second-order valence-corrected chi connectivity index (χ2v) is 16.2. The topological polar surface area (TPSA) is 40.6 Å². The maximum Gasteiger partial charge on any atom is 0.160 e. The van der Waals surface area contributed by atoms with Crippen molar-refractivity contribution in [2.75, 3.05) is 0 Å². The Hall–Kier alpha value is -8.54. The number of aromatic nitrogens is 5. The summed E-state index contributed by atoms with van der Waals surface area (Å²) >= 11 is 0. The van der Waals surface area contributed by atoms with Gasteiger partial charge in [-0.3, -0.25) is 0 Å². The first-order valence-electron chi connectivity index (χ1n) is 21.4. The van der Waals surface area contributed by atoms with Gasteiger partial charge in [-0.25, -0.2) is 9.97 Å². The van der Waals surface area contributed by atoms with E-state index in [4.69, 9.17) is 9.97 Å². The molecule has 0 N–H and O–H groups in total. The Kier molecular flexibility index (Phi) is 7.84. The van der Waals surface area contributed by atoms with Crippen molar-refractivity contribution in [3.05, 3.63) is 224 Å². The summed E-state index contributed by atoms with van der Waals surface area (Å²) in [7, 11) is 0. The third-order valence-electron chi connectivity index (χ3n) is 12.6. The van der Waals surface area contributed by atoms with Crippen LogP contribution in [0.1, 0.15) is 0 Å². The van der Waals surface area contributed by atoms with Gasteiger partial charge in [0.2, 0.25) is 0 Å². The lowest BCUT2D eigenvalue weighted by Gasteiger charge is -2.12. The summed E-state index contributed by atoms with van der Waals surface area (Å²) in [6.45, 7) is 0. The van der Waals surface area contributed by atoms with Crippen molar-refractivity contribution in [1.82, 2.24) is 23.7 Å². The van der Waals surface area contributed by atoms with Gasteiger partial charge < -0.3 is 13.7 Å². The maximum atomic E-state index is 5.31. The molecule has 13 aromatic rings. The first kappa shape index (κ1) is 35.2. The van der Waals surface area contributed by atoms with Crippen LogP contribution in [-0.2, 0) is 0 Å². The lowest BCUT2D eigenvalue weighted by Crippen LogP contribution is -1.97. The van der Waals surface area contributed by atoms with Crippen molar-refractivity contribution in [3.63, 3.8) is 0 Å². The number of hydrogen-bond donors (Lipinski definition) is 0. The standard InChI is InChI=1S/C58H37N5/c1-5-18-38(19-6-1)48-37-49(60-58(59-48)39-20-7-2-8-21-39)45-28-17-31-52-55(45)47-33-32-42(36-54(47)61(52)40-22-9-3-10-23-40)62-51-30-16-14-27-46(51)56-53(62)35-34-44-43-26-13-15-29-50(43)63(57(44)56)41-24-11-4-12-25-41/h1-37H. The van der Waals surface area contributed by atoms with Gasteiger partial charge in [0.15, 0.2) is 5.82 Å². The highest BCUT2D eigenvalue weighted by molar-refractivity contribution is 6.26. The first-order chi connectivity index (χ1) is 31.3. The van der Waals surface area contributed by atoms with Gasteiger partial charge in [-0.1, -0.05) is 158 Å². The van der Waals surface area contributed by atoms with Gasteiger partial charge in [0.25, 0.3) is 0 Å². The van der Waals surface area contributed by atoms with Gasteiger partial charge in [-0.05, 0) is 66.7 Å². The molecule has 5 nitrogen and oxygen atoms in total. The summed E-state index contributed by atoms with van der Waals surface area (Å²) in [6.07, 6.45) is 0. The van der Waals surface area contributed by atoms with Crippen molar-refractivity contribution in [2.45, 2.75) is 0 Å². The molecule has 5 heteroatoms. The Morgan fingerprint density at radius 2 is 0.810 bits per heavy atom. The molecule has 0 amide bonds. The fourth-order valence-corrected chi connectivity index (χ4v) is 9.95. The third kappa shape index (κ3) is 5.43. The van der Waals surface area contributed by atoms with Crippen LogP contribution in [0.4, 0.5) is 0 Å². The zero-order valence-electron chi connectivity index (χ0n) is 34.1.